The summed E-state index contributed by atoms with van der Waals surface area (Å²) in [6.07, 6.45) is 6.04. The quantitative estimate of drug-likeness (QED) is 0.814. The molecule has 1 aromatic carbocycles. The summed E-state index contributed by atoms with van der Waals surface area (Å²) in [4.78, 5) is 4.61. The van der Waals surface area contributed by atoms with Crippen molar-refractivity contribution in [3.05, 3.63) is 42.0 Å². The summed E-state index contributed by atoms with van der Waals surface area (Å²) in [5.74, 6) is 2.61. The predicted octanol–water partition coefficient (Wildman–Crippen LogP) is 2.43. The first-order chi connectivity index (χ1) is 11.8. The van der Waals surface area contributed by atoms with Gasteiger partial charge in [0.05, 0.1) is 19.2 Å². The first-order valence-corrected chi connectivity index (χ1v) is 8.76. The zero-order chi connectivity index (χ0) is 16.8. The standard InChI is InChI=1S/C18H26N4O2/c19-17(14-7-3-1-4-8-14)18-20-16(21-22(18)11-12-23)13-24-15-9-5-2-6-10-15/h2,5-6,9-10,14,17,23H,1,3-4,7-8,11-13,19H2/t17-/m0/s1. The van der Waals surface area contributed by atoms with Crippen LogP contribution in [-0.4, -0.2) is 26.5 Å². The molecular formula is C18H26N4O2. The summed E-state index contributed by atoms with van der Waals surface area (Å²) in [6, 6.07) is 9.48. The van der Waals surface area contributed by atoms with Gasteiger partial charge in [0.15, 0.2) is 5.82 Å². The maximum Gasteiger partial charge on any atom is 0.188 e. The fourth-order valence-electron chi connectivity index (χ4n) is 3.34. The molecule has 6 nitrogen and oxygen atoms in total. The molecule has 3 N–H and O–H groups in total. The van der Waals surface area contributed by atoms with Crippen molar-refractivity contribution in [3.63, 3.8) is 0 Å². The summed E-state index contributed by atoms with van der Waals surface area (Å²) in [5.41, 5.74) is 6.48. The van der Waals surface area contributed by atoms with E-state index >= 15 is 0 Å². The van der Waals surface area contributed by atoms with E-state index in [0.717, 1.165) is 24.4 Å². The Bertz CT molecular complexity index is 623. The lowest BCUT2D eigenvalue weighted by molar-refractivity contribution is 0.254. The molecule has 0 bridgehead atoms. The van der Waals surface area contributed by atoms with Gasteiger partial charge in [0.2, 0.25) is 0 Å². The van der Waals surface area contributed by atoms with Crippen molar-refractivity contribution >= 4 is 0 Å². The molecular weight excluding hydrogens is 304 g/mol. The molecule has 1 aliphatic rings. The molecule has 6 heteroatoms. The van der Waals surface area contributed by atoms with Crippen LogP contribution in [0, 0.1) is 5.92 Å². The van der Waals surface area contributed by atoms with Gasteiger partial charge < -0.3 is 15.6 Å². The maximum atomic E-state index is 9.29. The zero-order valence-electron chi connectivity index (χ0n) is 14.0. The van der Waals surface area contributed by atoms with Crippen molar-refractivity contribution in [1.29, 1.82) is 0 Å². The summed E-state index contributed by atoms with van der Waals surface area (Å²) in [5, 5.41) is 13.8. The van der Waals surface area contributed by atoms with E-state index in [4.69, 9.17) is 10.5 Å². The van der Waals surface area contributed by atoms with Crippen LogP contribution in [0.15, 0.2) is 30.3 Å². The Labute approximate surface area is 142 Å². The molecule has 2 aromatic rings. The Balaban J connectivity index is 1.71. The fraction of sp³-hybridized carbons (Fsp3) is 0.556. The zero-order valence-corrected chi connectivity index (χ0v) is 14.0. The van der Waals surface area contributed by atoms with Gasteiger partial charge in [0.1, 0.15) is 18.2 Å². The average Bonchev–Trinajstić information content (AvgIpc) is 3.04. The lowest BCUT2D eigenvalue weighted by Gasteiger charge is -2.26. The van der Waals surface area contributed by atoms with Crippen molar-refractivity contribution in [2.75, 3.05) is 6.61 Å². The maximum absolute atomic E-state index is 9.29. The van der Waals surface area contributed by atoms with Crippen molar-refractivity contribution in [2.24, 2.45) is 11.7 Å². The highest BCUT2D eigenvalue weighted by Gasteiger charge is 2.26. The molecule has 130 valence electrons. The second kappa shape index (κ2) is 8.26. The van der Waals surface area contributed by atoms with Gasteiger partial charge in [-0.2, -0.15) is 5.10 Å². The molecule has 0 amide bonds. The van der Waals surface area contributed by atoms with Gasteiger partial charge in [0.25, 0.3) is 0 Å². The third-order valence-corrected chi connectivity index (χ3v) is 4.62. The number of rotatable bonds is 7. The Hall–Kier alpha value is -1.92. The molecule has 1 fully saturated rings. The molecule has 0 spiro atoms. The first-order valence-electron chi connectivity index (χ1n) is 8.76. The fourth-order valence-corrected chi connectivity index (χ4v) is 3.34. The van der Waals surface area contributed by atoms with Gasteiger partial charge in [-0.25, -0.2) is 9.67 Å². The van der Waals surface area contributed by atoms with Crippen molar-refractivity contribution in [3.8, 4) is 5.75 Å². The number of aliphatic hydroxyl groups excluding tert-OH is 1. The Morgan fingerprint density at radius 2 is 1.96 bits per heavy atom. The number of ether oxygens (including phenoxy) is 1. The van der Waals surface area contributed by atoms with E-state index in [1.165, 1.54) is 19.3 Å². The number of aliphatic hydroxyl groups is 1. The van der Waals surface area contributed by atoms with E-state index in [9.17, 15) is 5.11 Å². The Kier molecular flexibility index (Phi) is 5.82. The van der Waals surface area contributed by atoms with Crippen LogP contribution in [0.4, 0.5) is 0 Å². The van der Waals surface area contributed by atoms with Gasteiger partial charge in [-0.15, -0.1) is 0 Å². The molecule has 1 atom stereocenters. The van der Waals surface area contributed by atoms with Crippen LogP contribution < -0.4 is 10.5 Å². The van der Waals surface area contributed by atoms with Crippen LogP contribution in [-0.2, 0) is 13.2 Å². The summed E-state index contributed by atoms with van der Waals surface area (Å²) in [7, 11) is 0. The molecule has 0 radical (unpaired) electrons. The SMILES string of the molecule is N[C@H](c1nc(COc2ccccc2)nn1CCO)C1CCCCC1. The molecule has 0 unspecified atom stereocenters. The van der Waals surface area contributed by atoms with E-state index in [1.807, 2.05) is 30.3 Å². The average molecular weight is 330 g/mol. The first kappa shape index (κ1) is 16.9. The van der Waals surface area contributed by atoms with E-state index in [0.29, 0.717) is 24.9 Å². The molecule has 3 rings (SSSR count). The minimum atomic E-state index is -0.130. The molecule has 24 heavy (non-hydrogen) atoms. The minimum Gasteiger partial charge on any atom is -0.486 e. The smallest absolute Gasteiger partial charge is 0.188 e. The molecule has 1 aliphatic carbocycles. The van der Waals surface area contributed by atoms with Crippen molar-refractivity contribution in [1.82, 2.24) is 14.8 Å². The normalized spacial score (nSPS) is 16.9. The Morgan fingerprint density at radius 3 is 2.67 bits per heavy atom. The van der Waals surface area contributed by atoms with Crippen LogP contribution in [0.2, 0.25) is 0 Å². The number of benzene rings is 1. The number of hydrogen-bond donors (Lipinski definition) is 2. The van der Waals surface area contributed by atoms with Gasteiger partial charge in [0, 0.05) is 0 Å². The largest absolute Gasteiger partial charge is 0.486 e. The second-order valence-corrected chi connectivity index (χ2v) is 6.36. The van der Waals surface area contributed by atoms with Gasteiger partial charge >= 0.3 is 0 Å². The van der Waals surface area contributed by atoms with E-state index in [1.54, 1.807) is 4.68 Å². The molecule has 1 saturated carbocycles. The van der Waals surface area contributed by atoms with E-state index in [-0.39, 0.29) is 12.6 Å². The minimum absolute atomic E-state index is 0.0206. The summed E-state index contributed by atoms with van der Waals surface area (Å²) in [6.45, 7) is 0.730. The topological polar surface area (TPSA) is 86.2 Å². The van der Waals surface area contributed by atoms with E-state index < -0.39 is 0 Å². The van der Waals surface area contributed by atoms with Crippen molar-refractivity contribution < 1.29 is 9.84 Å². The third-order valence-electron chi connectivity index (χ3n) is 4.62. The monoisotopic (exact) mass is 330 g/mol. The number of hydrogen-bond acceptors (Lipinski definition) is 5. The van der Waals surface area contributed by atoms with Gasteiger partial charge in [-0.3, -0.25) is 0 Å². The lowest BCUT2D eigenvalue weighted by atomic mass is 9.84. The molecule has 0 aliphatic heterocycles. The van der Waals surface area contributed by atoms with Crippen LogP contribution in [0.25, 0.3) is 0 Å². The molecule has 0 saturated heterocycles. The number of para-hydroxylation sites is 1. The Morgan fingerprint density at radius 1 is 1.21 bits per heavy atom. The number of nitrogens with two attached hydrogens (primary N) is 1. The predicted molar refractivity (Wildman–Crippen MR) is 91.4 cm³/mol. The van der Waals surface area contributed by atoms with Gasteiger partial charge in [-0.05, 0) is 30.9 Å². The molecule has 1 aromatic heterocycles. The third kappa shape index (κ3) is 4.13. The second-order valence-electron chi connectivity index (χ2n) is 6.36. The highest BCUT2D eigenvalue weighted by atomic mass is 16.5. The highest BCUT2D eigenvalue weighted by molar-refractivity contribution is 5.21. The summed E-state index contributed by atoms with van der Waals surface area (Å²) < 4.78 is 7.46. The van der Waals surface area contributed by atoms with Gasteiger partial charge in [-0.1, -0.05) is 37.5 Å². The van der Waals surface area contributed by atoms with Crippen LogP contribution in [0.5, 0.6) is 5.75 Å². The van der Waals surface area contributed by atoms with Crippen LogP contribution in [0.3, 0.4) is 0 Å². The highest BCUT2D eigenvalue weighted by Crippen LogP contribution is 2.32. The lowest BCUT2D eigenvalue weighted by Crippen LogP contribution is -2.27. The number of aromatic nitrogens is 3. The van der Waals surface area contributed by atoms with E-state index in [2.05, 4.69) is 10.1 Å². The summed E-state index contributed by atoms with van der Waals surface area (Å²) >= 11 is 0. The molecule has 1 heterocycles. The van der Waals surface area contributed by atoms with Crippen molar-refractivity contribution in [2.45, 2.75) is 51.3 Å². The number of nitrogens with zero attached hydrogens (tertiary/aromatic N) is 3. The van der Waals surface area contributed by atoms with Crippen LogP contribution >= 0.6 is 0 Å². The van der Waals surface area contributed by atoms with Crippen LogP contribution in [0.1, 0.15) is 49.8 Å².